The van der Waals surface area contributed by atoms with Crippen molar-refractivity contribution in [3.8, 4) is 5.69 Å². The lowest BCUT2D eigenvalue weighted by Gasteiger charge is -2.07. The molecule has 0 radical (unpaired) electrons. The number of hydrogen-bond acceptors (Lipinski definition) is 3. The molecule has 6 heteroatoms. The highest BCUT2D eigenvalue weighted by molar-refractivity contribution is 5.95. The number of para-hydroxylation sites is 1. The molecule has 1 saturated carbocycles. The molecule has 4 rings (SSSR count). The van der Waals surface area contributed by atoms with Gasteiger partial charge in [0.15, 0.2) is 0 Å². The lowest BCUT2D eigenvalue weighted by molar-refractivity contribution is 0.0951. The molecule has 0 unspecified atom stereocenters. The first-order valence-corrected chi connectivity index (χ1v) is 9.24. The van der Waals surface area contributed by atoms with E-state index in [0.717, 1.165) is 29.9 Å². The highest BCUT2D eigenvalue weighted by atomic mass is 16.2. The molecule has 0 spiro atoms. The third kappa shape index (κ3) is 3.56. The molecule has 138 valence electrons. The standard InChI is InChI=1S/C21H22N4O2/c1-15-7-5-6-10-18(15)20(26)22-13-14-24-21(27)25(17-8-3-2-4-9-17)19(23-24)16-11-12-16/h2-10,16H,11-14H2,1H3,(H,22,26). The van der Waals surface area contributed by atoms with Gasteiger partial charge >= 0.3 is 5.69 Å². The highest BCUT2D eigenvalue weighted by Crippen LogP contribution is 2.39. The van der Waals surface area contributed by atoms with Crippen LogP contribution in [0.2, 0.25) is 0 Å². The molecule has 0 aliphatic heterocycles. The second-order valence-corrected chi connectivity index (χ2v) is 6.88. The number of benzene rings is 2. The molecule has 1 aliphatic rings. The predicted molar refractivity (Wildman–Crippen MR) is 103 cm³/mol. The van der Waals surface area contributed by atoms with Crippen LogP contribution in [0.4, 0.5) is 0 Å². The van der Waals surface area contributed by atoms with E-state index in [0.29, 0.717) is 24.6 Å². The fraction of sp³-hybridized carbons (Fsp3) is 0.286. The number of carbonyl (C=O) groups is 1. The van der Waals surface area contributed by atoms with Crippen LogP contribution in [0.5, 0.6) is 0 Å². The molecule has 1 aliphatic carbocycles. The summed E-state index contributed by atoms with van der Waals surface area (Å²) in [4.78, 5) is 25.2. The van der Waals surface area contributed by atoms with Crippen molar-refractivity contribution in [1.29, 1.82) is 0 Å². The van der Waals surface area contributed by atoms with Crippen LogP contribution in [0.15, 0.2) is 59.4 Å². The number of rotatable bonds is 6. The first-order valence-electron chi connectivity index (χ1n) is 9.24. The summed E-state index contributed by atoms with van der Waals surface area (Å²) in [6.45, 7) is 2.60. The van der Waals surface area contributed by atoms with Crippen molar-refractivity contribution in [2.75, 3.05) is 6.54 Å². The van der Waals surface area contributed by atoms with E-state index in [1.165, 1.54) is 4.68 Å². The molecule has 1 heterocycles. The molecule has 1 fully saturated rings. The lowest BCUT2D eigenvalue weighted by atomic mass is 10.1. The summed E-state index contributed by atoms with van der Waals surface area (Å²) >= 11 is 0. The van der Waals surface area contributed by atoms with Crippen LogP contribution in [0.1, 0.15) is 40.5 Å². The number of aromatic nitrogens is 3. The van der Waals surface area contributed by atoms with Crippen LogP contribution >= 0.6 is 0 Å². The molecule has 27 heavy (non-hydrogen) atoms. The Morgan fingerprint density at radius 2 is 1.81 bits per heavy atom. The summed E-state index contributed by atoms with van der Waals surface area (Å²) in [5.41, 5.74) is 2.25. The Morgan fingerprint density at radius 1 is 1.11 bits per heavy atom. The molecular formula is C21H22N4O2. The van der Waals surface area contributed by atoms with Crippen molar-refractivity contribution >= 4 is 5.91 Å². The minimum absolute atomic E-state index is 0.133. The first-order chi connectivity index (χ1) is 13.1. The van der Waals surface area contributed by atoms with Crippen LogP contribution in [0.25, 0.3) is 5.69 Å². The highest BCUT2D eigenvalue weighted by Gasteiger charge is 2.31. The van der Waals surface area contributed by atoms with Crippen LogP contribution in [0, 0.1) is 6.92 Å². The van der Waals surface area contributed by atoms with Crippen LogP contribution in [0.3, 0.4) is 0 Å². The maximum absolute atomic E-state index is 12.9. The molecule has 0 saturated heterocycles. The first kappa shape index (κ1) is 17.3. The molecule has 6 nitrogen and oxygen atoms in total. The van der Waals surface area contributed by atoms with Crippen LogP contribution in [-0.2, 0) is 6.54 Å². The quantitative estimate of drug-likeness (QED) is 0.733. The molecule has 2 aromatic carbocycles. The summed E-state index contributed by atoms with van der Waals surface area (Å²) in [7, 11) is 0. The fourth-order valence-corrected chi connectivity index (χ4v) is 3.19. The maximum atomic E-state index is 12.9. The summed E-state index contributed by atoms with van der Waals surface area (Å²) in [6, 6.07) is 17.0. The van der Waals surface area contributed by atoms with Gasteiger partial charge in [-0.15, -0.1) is 0 Å². The Balaban J connectivity index is 1.51. The van der Waals surface area contributed by atoms with Gasteiger partial charge in [-0.25, -0.2) is 14.0 Å². The smallest absolute Gasteiger partial charge is 0.350 e. The fourth-order valence-electron chi connectivity index (χ4n) is 3.19. The van der Waals surface area contributed by atoms with E-state index in [4.69, 9.17) is 0 Å². The predicted octanol–water partition coefficient (Wildman–Crippen LogP) is 2.65. The third-order valence-electron chi connectivity index (χ3n) is 4.82. The zero-order chi connectivity index (χ0) is 18.8. The molecule has 1 N–H and O–H groups in total. The number of amides is 1. The lowest BCUT2D eigenvalue weighted by Crippen LogP contribution is -2.32. The molecule has 1 amide bonds. The number of carbonyl (C=O) groups excluding carboxylic acids is 1. The minimum atomic E-state index is -0.159. The summed E-state index contributed by atoms with van der Waals surface area (Å²) in [6.07, 6.45) is 2.13. The van der Waals surface area contributed by atoms with E-state index in [1.807, 2.05) is 55.5 Å². The van der Waals surface area contributed by atoms with Gasteiger partial charge in [0.2, 0.25) is 0 Å². The summed E-state index contributed by atoms with van der Waals surface area (Å²) < 4.78 is 3.15. The normalized spacial score (nSPS) is 13.5. The van der Waals surface area contributed by atoms with Crippen molar-refractivity contribution in [3.63, 3.8) is 0 Å². The van der Waals surface area contributed by atoms with Crippen molar-refractivity contribution in [3.05, 3.63) is 82.0 Å². The van der Waals surface area contributed by atoms with Crippen LogP contribution in [-0.4, -0.2) is 26.8 Å². The van der Waals surface area contributed by atoms with E-state index in [-0.39, 0.29) is 11.6 Å². The number of aryl methyl sites for hydroxylation is 1. The van der Waals surface area contributed by atoms with Gasteiger partial charge in [0.1, 0.15) is 5.82 Å². The van der Waals surface area contributed by atoms with Gasteiger partial charge < -0.3 is 5.32 Å². The van der Waals surface area contributed by atoms with E-state index < -0.39 is 0 Å². The summed E-state index contributed by atoms with van der Waals surface area (Å²) in [5, 5.41) is 7.43. The number of hydrogen-bond donors (Lipinski definition) is 1. The average Bonchev–Trinajstić information content (AvgIpc) is 3.47. The average molecular weight is 362 g/mol. The van der Waals surface area contributed by atoms with Crippen molar-refractivity contribution in [1.82, 2.24) is 19.7 Å². The maximum Gasteiger partial charge on any atom is 0.350 e. The van der Waals surface area contributed by atoms with E-state index in [9.17, 15) is 9.59 Å². The second kappa shape index (κ2) is 7.23. The summed E-state index contributed by atoms with van der Waals surface area (Å²) in [5.74, 6) is 1.03. The Kier molecular flexibility index (Phi) is 4.62. The van der Waals surface area contributed by atoms with E-state index in [1.54, 1.807) is 10.6 Å². The molecule has 0 bridgehead atoms. The Hall–Kier alpha value is -3.15. The molecule has 3 aromatic rings. The monoisotopic (exact) mass is 362 g/mol. The van der Waals surface area contributed by atoms with Crippen molar-refractivity contribution in [2.24, 2.45) is 0 Å². The van der Waals surface area contributed by atoms with E-state index in [2.05, 4.69) is 10.4 Å². The Bertz CT molecular complexity index is 1020. The largest absolute Gasteiger partial charge is 0.350 e. The zero-order valence-corrected chi connectivity index (χ0v) is 15.3. The Labute approximate surface area is 157 Å². The third-order valence-corrected chi connectivity index (χ3v) is 4.82. The van der Waals surface area contributed by atoms with Gasteiger partial charge in [-0.05, 0) is 43.5 Å². The van der Waals surface area contributed by atoms with Crippen molar-refractivity contribution in [2.45, 2.75) is 32.2 Å². The van der Waals surface area contributed by atoms with Gasteiger partial charge in [0.25, 0.3) is 5.91 Å². The van der Waals surface area contributed by atoms with Gasteiger partial charge in [0.05, 0.1) is 12.2 Å². The van der Waals surface area contributed by atoms with Gasteiger partial charge in [-0.1, -0.05) is 36.4 Å². The minimum Gasteiger partial charge on any atom is -0.350 e. The molecule has 0 atom stereocenters. The van der Waals surface area contributed by atoms with E-state index >= 15 is 0 Å². The zero-order valence-electron chi connectivity index (χ0n) is 15.3. The Morgan fingerprint density at radius 3 is 2.52 bits per heavy atom. The SMILES string of the molecule is Cc1ccccc1C(=O)NCCn1nc(C2CC2)n(-c2ccccc2)c1=O. The van der Waals surface area contributed by atoms with Gasteiger partial charge in [-0.2, -0.15) is 5.10 Å². The van der Waals surface area contributed by atoms with Crippen LogP contribution < -0.4 is 11.0 Å². The number of nitrogens with one attached hydrogen (secondary N) is 1. The topological polar surface area (TPSA) is 68.9 Å². The number of nitrogens with zero attached hydrogens (tertiary/aromatic N) is 3. The molecule has 1 aromatic heterocycles. The van der Waals surface area contributed by atoms with Crippen molar-refractivity contribution < 1.29 is 4.79 Å². The second-order valence-electron chi connectivity index (χ2n) is 6.88. The molecular weight excluding hydrogens is 340 g/mol. The van der Waals surface area contributed by atoms with Gasteiger partial charge in [-0.3, -0.25) is 4.79 Å². The van der Waals surface area contributed by atoms with Gasteiger partial charge in [0, 0.05) is 18.0 Å².